The first-order valence-electron chi connectivity index (χ1n) is 8.31. The molecule has 0 aliphatic carbocycles. The maximum atomic E-state index is 12.8. The molecule has 2 aromatic heterocycles. The molecular weight excluding hydrogens is 373 g/mol. The minimum atomic E-state index is -4.44. The van der Waals surface area contributed by atoms with Gasteiger partial charge >= 0.3 is 6.18 Å². The van der Waals surface area contributed by atoms with Crippen molar-refractivity contribution in [3.63, 3.8) is 0 Å². The van der Waals surface area contributed by atoms with Gasteiger partial charge in [0.05, 0.1) is 22.6 Å². The molecule has 0 aliphatic heterocycles. The van der Waals surface area contributed by atoms with Gasteiger partial charge in [-0.15, -0.1) is 0 Å². The minimum absolute atomic E-state index is 0.0738. The van der Waals surface area contributed by atoms with Gasteiger partial charge < -0.3 is 10.1 Å². The van der Waals surface area contributed by atoms with Crippen LogP contribution in [-0.4, -0.2) is 20.7 Å². The monoisotopic (exact) mass is 390 g/mol. The van der Waals surface area contributed by atoms with Gasteiger partial charge in [0.25, 0.3) is 5.91 Å². The number of nitrogens with one attached hydrogen (secondary N) is 1. The van der Waals surface area contributed by atoms with Crippen LogP contribution in [0.2, 0.25) is 0 Å². The molecule has 3 aromatic rings. The Morgan fingerprint density at radius 2 is 1.89 bits per heavy atom. The molecule has 0 bridgehead atoms. The Kier molecular flexibility index (Phi) is 5.34. The summed E-state index contributed by atoms with van der Waals surface area (Å²) in [6.45, 7) is 3.35. The molecule has 0 saturated heterocycles. The molecule has 3 rings (SSSR count). The Hall–Kier alpha value is -3.36. The van der Waals surface area contributed by atoms with Crippen molar-refractivity contribution in [2.45, 2.75) is 26.8 Å². The predicted molar refractivity (Wildman–Crippen MR) is 96.0 cm³/mol. The van der Waals surface area contributed by atoms with E-state index >= 15 is 0 Å². The van der Waals surface area contributed by atoms with Crippen molar-refractivity contribution in [3.05, 3.63) is 71.3 Å². The van der Waals surface area contributed by atoms with E-state index in [1.165, 1.54) is 29.2 Å². The molecule has 0 radical (unpaired) electrons. The summed E-state index contributed by atoms with van der Waals surface area (Å²) in [5.41, 5.74) is 1.36. The van der Waals surface area contributed by atoms with Crippen molar-refractivity contribution in [3.8, 4) is 5.75 Å². The van der Waals surface area contributed by atoms with Crippen LogP contribution in [0.4, 0.5) is 18.9 Å². The number of aryl methyl sites for hydroxylation is 1. The minimum Gasteiger partial charge on any atom is -0.471 e. The lowest BCUT2D eigenvalue weighted by molar-refractivity contribution is -0.137. The molecule has 0 unspecified atom stereocenters. The van der Waals surface area contributed by atoms with E-state index in [4.69, 9.17) is 4.74 Å². The molecule has 1 aromatic carbocycles. The SMILES string of the molecule is Cc1nn(COc2cccc(C(F)(F)F)c2)c(C)c1NC(=O)c1ccncc1. The summed E-state index contributed by atoms with van der Waals surface area (Å²) in [4.78, 5) is 16.2. The van der Waals surface area contributed by atoms with E-state index in [0.29, 0.717) is 22.6 Å². The second-order valence-electron chi connectivity index (χ2n) is 6.03. The molecule has 28 heavy (non-hydrogen) atoms. The summed E-state index contributed by atoms with van der Waals surface area (Å²) in [5, 5.41) is 7.07. The molecule has 6 nitrogen and oxygen atoms in total. The Balaban J connectivity index is 1.73. The first-order valence-corrected chi connectivity index (χ1v) is 8.31. The first kappa shape index (κ1) is 19.4. The molecule has 1 N–H and O–H groups in total. The third kappa shape index (κ3) is 4.30. The van der Waals surface area contributed by atoms with Crippen LogP contribution in [0, 0.1) is 13.8 Å². The largest absolute Gasteiger partial charge is 0.471 e. The van der Waals surface area contributed by atoms with Gasteiger partial charge in [-0.2, -0.15) is 18.3 Å². The number of benzene rings is 1. The normalized spacial score (nSPS) is 11.3. The number of aromatic nitrogens is 3. The average Bonchev–Trinajstić information content (AvgIpc) is 2.94. The average molecular weight is 390 g/mol. The molecule has 146 valence electrons. The topological polar surface area (TPSA) is 69.0 Å². The molecule has 1 amide bonds. The van der Waals surface area contributed by atoms with Crippen LogP contribution in [0.1, 0.15) is 27.3 Å². The lowest BCUT2D eigenvalue weighted by Gasteiger charge is -2.11. The molecular formula is C19H17F3N4O2. The molecule has 0 spiro atoms. The second-order valence-corrected chi connectivity index (χ2v) is 6.03. The van der Waals surface area contributed by atoms with Crippen molar-refractivity contribution in [1.82, 2.24) is 14.8 Å². The van der Waals surface area contributed by atoms with E-state index in [2.05, 4.69) is 15.4 Å². The van der Waals surface area contributed by atoms with Gasteiger partial charge in [-0.1, -0.05) is 6.07 Å². The maximum Gasteiger partial charge on any atom is 0.416 e. The van der Waals surface area contributed by atoms with E-state index in [1.54, 1.807) is 26.0 Å². The van der Waals surface area contributed by atoms with Gasteiger partial charge in [-0.3, -0.25) is 9.78 Å². The number of nitrogens with zero attached hydrogens (tertiary/aromatic N) is 3. The number of hydrogen-bond acceptors (Lipinski definition) is 4. The van der Waals surface area contributed by atoms with Crippen LogP contribution in [0.5, 0.6) is 5.75 Å². The van der Waals surface area contributed by atoms with Gasteiger partial charge in [-0.25, -0.2) is 4.68 Å². The van der Waals surface area contributed by atoms with Crippen LogP contribution < -0.4 is 10.1 Å². The summed E-state index contributed by atoms with van der Waals surface area (Å²) in [6.07, 6.45) is -1.41. The third-order valence-corrected chi connectivity index (χ3v) is 4.08. The number of ether oxygens (including phenoxy) is 1. The van der Waals surface area contributed by atoms with Crippen LogP contribution in [0.25, 0.3) is 0 Å². The van der Waals surface area contributed by atoms with Crippen molar-refractivity contribution >= 4 is 11.6 Å². The Morgan fingerprint density at radius 1 is 1.18 bits per heavy atom. The van der Waals surface area contributed by atoms with Crippen LogP contribution in [0.15, 0.2) is 48.8 Å². The fraction of sp³-hybridized carbons (Fsp3) is 0.211. The zero-order chi connectivity index (χ0) is 20.3. The zero-order valence-corrected chi connectivity index (χ0v) is 15.1. The predicted octanol–water partition coefficient (Wildman–Crippen LogP) is 4.20. The quantitative estimate of drug-likeness (QED) is 0.709. The van der Waals surface area contributed by atoms with E-state index in [1.807, 2.05) is 0 Å². The van der Waals surface area contributed by atoms with Crippen molar-refractivity contribution in [2.24, 2.45) is 0 Å². The summed E-state index contributed by atoms with van der Waals surface area (Å²) in [6, 6.07) is 7.79. The van der Waals surface area contributed by atoms with Gasteiger partial charge in [-0.05, 0) is 44.2 Å². The number of pyridine rings is 1. The maximum absolute atomic E-state index is 12.8. The number of anilines is 1. The number of alkyl halides is 3. The van der Waals surface area contributed by atoms with E-state index in [9.17, 15) is 18.0 Å². The summed E-state index contributed by atoms with van der Waals surface area (Å²) in [5.74, 6) is -0.239. The fourth-order valence-corrected chi connectivity index (χ4v) is 2.59. The standard InChI is InChI=1S/C19H17F3N4O2/c1-12-17(24-18(27)14-6-8-23-9-7-14)13(2)26(25-12)11-28-16-5-3-4-15(10-16)19(20,21)22/h3-10H,11H2,1-2H3,(H,24,27). The second kappa shape index (κ2) is 7.71. The van der Waals surface area contributed by atoms with Crippen molar-refractivity contribution in [2.75, 3.05) is 5.32 Å². The van der Waals surface area contributed by atoms with Crippen molar-refractivity contribution < 1.29 is 22.7 Å². The first-order chi connectivity index (χ1) is 13.3. The molecule has 0 saturated carbocycles. The number of halogens is 3. The smallest absolute Gasteiger partial charge is 0.416 e. The summed E-state index contributed by atoms with van der Waals surface area (Å²) in [7, 11) is 0. The molecule has 0 atom stereocenters. The van der Waals surface area contributed by atoms with E-state index < -0.39 is 11.7 Å². The number of hydrogen-bond donors (Lipinski definition) is 1. The Labute approximate surface area is 159 Å². The summed E-state index contributed by atoms with van der Waals surface area (Å²) >= 11 is 0. The van der Waals surface area contributed by atoms with Gasteiger partial charge in [0.2, 0.25) is 0 Å². The van der Waals surface area contributed by atoms with E-state index in [-0.39, 0.29) is 18.4 Å². The van der Waals surface area contributed by atoms with Gasteiger partial charge in [0, 0.05) is 18.0 Å². The fourth-order valence-electron chi connectivity index (χ4n) is 2.59. The molecule has 9 heteroatoms. The van der Waals surface area contributed by atoms with Gasteiger partial charge in [0.1, 0.15) is 5.75 Å². The van der Waals surface area contributed by atoms with Gasteiger partial charge in [0.15, 0.2) is 6.73 Å². The number of carbonyl (C=O) groups is 1. The number of rotatable bonds is 5. The Morgan fingerprint density at radius 3 is 2.57 bits per heavy atom. The highest BCUT2D eigenvalue weighted by molar-refractivity contribution is 6.04. The van der Waals surface area contributed by atoms with Crippen LogP contribution >= 0.6 is 0 Å². The lowest BCUT2D eigenvalue weighted by Crippen LogP contribution is -2.14. The highest BCUT2D eigenvalue weighted by Crippen LogP contribution is 2.31. The molecule has 2 heterocycles. The van der Waals surface area contributed by atoms with E-state index in [0.717, 1.165) is 12.1 Å². The highest BCUT2D eigenvalue weighted by Gasteiger charge is 2.30. The molecule has 0 aliphatic rings. The molecule has 0 fully saturated rings. The van der Waals surface area contributed by atoms with Crippen molar-refractivity contribution in [1.29, 1.82) is 0 Å². The third-order valence-electron chi connectivity index (χ3n) is 4.08. The highest BCUT2D eigenvalue weighted by atomic mass is 19.4. The lowest BCUT2D eigenvalue weighted by atomic mass is 10.2. The number of amides is 1. The summed E-state index contributed by atoms with van der Waals surface area (Å²) < 4.78 is 45.3. The van der Waals surface area contributed by atoms with Crippen LogP contribution in [0.3, 0.4) is 0 Å². The zero-order valence-electron chi connectivity index (χ0n) is 15.1. The van der Waals surface area contributed by atoms with Crippen LogP contribution in [-0.2, 0) is 12.9 Å². The Bertz CT molecular complexity index is 985. The number of carbonyl (C=O) groups excluding carboxylic acids is 1.